The molecule has 0 saturated carbocycles. The Balaban J connectivity index is 2.11. The van der Waals surface area contributed by atoms with Crippen LogP contribution in [0.3, 0.4) is 0 Å². The van der Waals surface area contributed by atoms with Gasteiger partial charge in [0.05, 0.1) is 24.3 Å². The lowest BCUT2D eigenvalue weighted by atomic mass is 10.2. The lowest BCUT2D eigenvalue weighted by Crippen LogP contribution is -2.20. The van der Waals surface area contributed by atoms with Gasteiger partial charge in [-0.25, -0.2) is 4.39 Å². The summed E-state index contributed by atoms with van der Waals surface area (Å²) in [4.78, 5) is 0. The summed E-state index contributed by atoms with van der Waals surface area (Å²) in [6.45, 7) is 3.34. The minimum absolute atomic E-state index is 0.239. The molecule has 5 heteroatoms. The summed E-state index contributed by atoms with van der Waals surface area (Å²) in [6.07, 6.45) is 0. The number of nitrogens with one attached hydrogen (secondary N) is 1. The van der Waals surface area contributed by atoms with Crippen molar-refractivity contribution in [2.24, 2.45) is 0 Å². The van der Waals surface area contributed by atoms with Crippen LogP contribution >= 0.6 is 15.9 Å². The van der Waals surface area contributed by atoms with Crippen molar-refractivity contribution in [3.63, 3.8) is 0 Å². The molecule has 0 radical (unpaired) electrons. The molecule has 3 nitrogen and oxygen atoms in total. The fraction of sp³-hybridized carbons (Fsp3) is 0.500. The molecule has 0 bridgehead atoms. The highest BCUT2D eigenvalue weighted by molar-refractivity contribution is 9.10. The largest absolute Gasteiger partial charge is 0.382 e. The maximum absolute atomic E-state index is 13.0. The van der Waals surface area contributed by atoms with Crippen molar-refractivity contribution in [2.75, 3.05) is 33.5 Å². The SMILES string of the molecule is COCCOCCNCc1ccc(F)c(Br)c1. The highest BCUT2D eigenvalue weighted by Crippen LogP contribution is 2.16. The second kappa shape index (κ2) is 8.58. The lowest BCUT2D eigenvalue weighted by Gasteiger charge is -2.06. The van der Waals surface area contributed by atoms with E-state index in [2.05, 4.69) is 21.2 Å². The van der Waals surface area contributed by atoms with E-state index in [0.29, 0.717) is 30.8 Å². The zero-order valence-corrected chi connectivity index (χ0v) is 11.4. The molecule has 0 heterocycles. The van der Waals surface area contributed by atoms with Crippen LogP contribution in [0.25, 0.3) is 0 Å². The van der Waals surface area contributed by atoms with Crippen LogP contribution in [0.4, 0.5) is 4.39 Å². The van der Waals surface area contributed by atoms with Crippen LogP contribution in [0, 0.1) is 5.82 Å². The molecule has 0 aliphatic carbocycles. The first kappa shape index (κ1) is 14.6. The highest BCUT2D eigenvalue weighted by Gasteiger charge is 1.99. The van der Waals surface area contributed by atoms with Crippen molar-refractivity contribution >= 4 is 15.9 Å². The number of benzene rings is 1. The van der Waals surface area contributed by atoms with Gasteiger partial charge in [-0.2, -0.15) is 0 Å². The summed E-state index contributed by atoms with van der Waals surface area (Å²) in [6, 6.07) is 4.99. The molecule has 96 valence electrons. The molecule has 0 spiro atoms. The Morgan fingerprint density at radius 2 is 2.12 bits per heavy atom. The van der Waals surface area contributed by atoms with Crippen molar-refractivity contribution in [3.05, 3.63) is 34.1 Å². The van der Waals surface area contributed by atoms with Crippen LogP contribution in [0.1, 0.15) is 5.56 Å². The molecular formula is C12H17BrFNO2. The lowest BCUT2D eigenvalue weighted by molar-refractivity contribution is 0.0719. The van der Waals surface area contributed by atoms with Crippen molar-refractivity contribution in [3.8, 4) is 0 Å². The van der Waals surface area contributed by atoms with E-state index >= 15 is 0 Å². The fourth-order valence-corrected chi connectivity index (χ4v) is 1.70. The van der Waals surface area contributed by atoms with Gasteiger partial charge < -0.3 is 14.8 Å². The quantitative estimate of drug-likeness (QED) is 0.748. The average molecular weight is 306 g/mol. The van der Waals surface area contributed by atoms with E-state index in [4.69, 9.17) is 9.47 Å². The van der Waals surface area contributed by atoms with Gasteiger partial charge in [0.25, 0.3) is 0 Å². The van der Waals surface area contributed by atoms with Gasteiger partial charge in [0.2, 0.25) is 0 Å². The summed E-state index contributed by atoms with van der Waals surface area (Å²) in [7, 11) is 1.65. The third-order valence-electron chi connectivity index (χ3n) is 2.17. The standard InChI is InChI=1S/C12H17BrFNO2/c1-16-6-7-17-5-4-15-9-10-2-3-12(14)11(13)8-10/h2-3,8,15H,4-7,9H2,1H3. The molecule has 1 aromatic rings. The number of ether oxygens (including phenoxy) is 2. The van der Waals surface area contributed by atoms with Gasteiger partial charge >= 0.3 is 0 Å². The van der Waals surface area contributed by atoms with Gasteiger partial charge in [-0.1, -0.05) is 6.07 Å². The second-order valence-electron chi connectivity index (χ2n) is 3.53. The molecule has 0 saturated heterocycles. The minimum atomic E-state index is -0.239. The smallest absolute Gasteiger partial charge is 0.137 e. The molecule has 1 N–H and O–H groups in total. The van der Waals surface area contributed by atoms with E-state index in [1.807, 2.05) is 0 Å². The molecule has 17 heavy (non-hydrogen) atoms. The molecule has 0 atom stereocenters. The number of halogens is 2. The van der Waals surface area contributed by atoms with E-state index in [0.717, 1.165) is 12.1 Å². The van der Waals surface area contributed by atoms with Crippen molar-refractivity contribution in [1.29, 1.82) is 0 Å². The molecule has 0 aliphatic heterocycles. The van der Waals surface area contributed by atoms with Crippen LogP contribution in [0.5, 0.6) is 0 Å². The molecular weight excluding hydrogens is 289 g/mol. The Morgan fingerprint density at radius 3 is 2.82 bits per heavy atom. The normalized spacial score (nSPS) is 10.8. The van der Waals surface area contributed by atoms with Crippen LogP contribution < -0.4 is 5.32 Å². The van der Waals surface area contributed by atoms with Gasteiger partial charge in [-0.3, -0.25) is 0 Å². The molecule has 0 aromatic heterocycles. The minimum Gasteiger partial charge on any atom is -0.382 e. The van der Waals surface area contributed by atoms with Crippen molar-refractivity contribution in [1.82, 2.24) is 5.32 Å². The van der Waals surface area contributed by atoms with Crippen molar-refractivity contribution in [2.45, 2.75) is 6.54 Å². The summed E-state index contributed by atoms with van der Waals surface area (Å²) in [5.41, 5.74) is 1.04. The second-order valence-corrected chi connectivity index (χ2v) is 4.38. The Morgan fingerprint density at radius 1 is 1.29 bits per heavy atom. The van der Waals surface area contributed by atoms with E-state index in [1.165, 1.54) is 6.07 Å². The molecule has 0 aliphatic rings. The Hall–Kier alpha value is -0.490. The number of rotatable bonds is 8. The van der Waals surface area contributed by atoms with E-state index in [9.17, 15) is 4.39 Å². The Labute approximate surface area is 109 Å². The summed E-state index contributed by atoms with van der Waals surface area (Å²) in [5, 5.41) is 3.22. The van der Waals surface area contributed by atoms with Gasteiger partial charge in [0.1, 0.15) is 5.82 Å². The number of hydrogen-bond donors (Lipinski definition) is 1. The maximum Gasteiger partial charge on any atom is 0.137 e. The Bertz CT molecular complexity index is 336. The molecule has 0 amide bonds. The first-order valence-corrected chi connectivity index (χ1v) is 6.24. The van der Waals surface area contributed by atoms with Gasteiger partial charge in [0, 0.05) is 20.2 Å². The predicted molar refractivity (Wildman–Crippen MR) is 68.5 cm³/mol. The summed E-state index contributed by atoms with van der Waals surface area (Å²) < 4.78 is 23.6. The summed E-state index contributed by atoms with van der Waals surface area (Å²) in [5.74, 6) is -0.239. The fourth-order valence-electron chi connectivity index (χ4n) is 1.27. The first-order chi connectivity index (χ1) is 8.24. The topological polar surface area (TPSA) is 30.5 Å². The monoisotopic (exact) mass is 305 g/mol. The zero-order valence-electron chi connectivity index (χ0n) is 9.84. The Kier molecular flexibility index (Phi) is 7.35. The van der Waals surface area contributed by atoms with E-state index in [1.54, 1.807) is 19.2 Å². The number of methoxy groups -OCH3 is 1. The van der Waals surface area contributed by atoms with Crippen LogP contribution in [-0.4, -0.2) is 33.5 Å². The average Bonchev–Trinajstić information content (AvgIpc) is 2.32. The summed E-state index contributed by atoms with van der Waals surface area (Å²) >= 11 is 3.16. The van der Waals surface area contributed by atoms with Gasteiger partial charge in [-0.05, 0) is 33.6 Å². The maximum atomic E-state index is 13.0. The van der Waals surface area contributed by atoms with Gasteiger partial charge in [-0.15, -0.1) is 0 Å². The van der Waals surface area contributed by atoms with E-state index in [-0.39, 0.29) is 5.82 Å². The highest BCUT2D eigenvalue weighted by atomic mass is 79.9. The van der Waals surface area contributed by atoms with Gasteiger partial charge in [0.15, 0.2) is 0 Å². The molecule has 0 fully saturated rings. The third-order valence-corrected chi connectivity index (χ3v) is 2.78. The third kappa shape index (κ3) is 6.12. The molecule has 1 aromatic carbocycles. The van der Waals surface area contributed by atoms with Crippen LogP contribution in [-0.2, 0) is 16.0 Å². The molecule has 1 rings (SSSR count). The van der Waals surface area contributed by atoms with Crippen LogP contribution in [0.2, 0.25) is 0 Å². The van der Waals surface area contributed by atoms with Crippen LogP contribution in [0.15, 0.2) is 22.7 Å². The van der Waals surface area contributed by atoms with Crippen molar-refractivity contribution < 1.29 is 13.9 Å². The predicted octanol–water partition coefficient (Wildman–Crippen LogP) is 2.34. The number of hydrogen-bond acceptors (Lipinski definition) is 3. The zero-order chi connectivity index (χ0) is 12.5. The van der Waals surface area contributed by atoms with E-state index < -0.39 is 0 Å². The first-order valence-electron chi connectivity index (χ1n) is 5.45. The molecule has 0 unspecified atom stereocenters.